The summed E-state index contributed by atoms with van der Waals surface area (Å²) in [6.45, 7) is 5.95. The molecule has 1 fully saturated rings. The summed E-state index contributed by atoms with van der Waals surface area (Å²) in [5.41, 5.74) is 2.01. The van der Waals surface area contributed by atoms with E-state index in [1.54, 1.807) is 7.11 Å². The Hall–Kier alpha value is -1.10. The third-order valence-corrected chi connectivity index (χ3v) is 4.35. The van der Waals surface area contributed by atoms with Gasteiger partial charge in [0.05, 0.1) is 13.2 Å². The third-order valence-electron chi connectivity index (χ3n) is 4.35. The van der Waals surface area contributed by atoms with E-state index in [0.29, 0.717) is 6.54 Å². The minimum Gasteiger partial charge on any atom is -0.496 e. The van der Waals surface area contributed by atoms with Gasteiger partial charge in [-0.2, -0.15) is 0 Å². The summed E-state index contributed by atoms with van der Waals surface area (Å²) in [5.74, 6) is 1.49. The maximum atomic E-state index is 10.4. The molecule has 1 heterocycles. The largest absolute Gasteiger partial charge is 0.496 e. The van der Waals surface area contributed by atoms with E-state index in [4.69, 9.17) is 4.74 Å². The van der Waals surface area contributed by atoms with Crippen molar-refractivity contribution in [3.63, 3.8) is 0 Å². The molecule has 1 aliphatic rings. The number of hydrogen-bond donors (Lipinski definition) is 2. The minimum absolute atomic E-state index is 0.522. The Bertz CT molecular complexity index is 442. The smallest absolute Gasteiger partial charge is 0.124 e. The zero-order valence-electron chi connectivity index (χ0n) is 13.4. The van der Waals surface area contributed by atoms with Gasteiger partial charge >= 0.3 is 0 Å². The van der Waals surface area contributed by atoms with E-state index in [2.05, 4.69) is 17.3 Å². The lowest BCUT2D eigenvalue weighted by Crippen LogP contribution is -2.36. The molecule has 4 nitrogen and oxygen atoms in total. The Morgan fingerprint density at radius 2 is 2.10 bits per heavy atom. The molecule has 2 rings (SSSR count). The lowest BCUT2D eigenvalue weighted by atomic mass is 9.97. The highest BCUT2D eigenvalue weighted by Crippen LogP contribution is 2.26. The number of aryl methyl sites for hydroxylation is 1. The van der Waals surface area contributed by atoms with Crippen LogP contribution in [0, 0.1) is 12.8 Å². The molecular formula is C17H28N2O2. The van der Waals surface area contributed by atoms with Crippen LogP contribution in [0.5, 0.6) is 5.75 Å². The van der Waals surface area contributed by atoms with Crippen LogP contribution in [0.15, 0.2) is 18.2 Å². The van der Waals surface area contributed by atoms with Crippen molar-refractivity contribution in [2.45, 2.75) is 25.9 Å². The number of methoxy groups -OCH3 is 1. The molecule has 1 unspecified atom stereocenters. The van der Waals surface area contributed by atoms with Gasteiger partial charge in [0.25, 0.3) is 0 Å². The predicted molar refractivity (Wildman–Crippen MR) is 85.8 cm³/mol. The molecule has 0 aliphatic carbocycles. The molecule has 1 saturated heterocycles. The van der Waals surface area contributed by atoms with Crippen molar-refractivity contribution in [3.8, 4) is 5.75 Å². The quantitative estimate of drug-likeness (QED) is 0.841. The fraction of sp³-hybridized carbons (Fsp3) is 0.647. The molecule has 118 valence electrons. The van der Waals surface area contributed by atoms with Crippen LogP contribution in [0.3, 0.4) is 0 Å². The maximum Gasteiger partial charge on any atom is 0.124 e. The Labute approximate surface area is 128 Å². The molecule has 1 aromatic carbocycles. The maximum absolute atomic E-state index is 10.4. The van der Waals surface area contributed by atoms with E-state index in [1.165, 1.54) is 25.9 Å². The summed E-state index contributed by atoms with van der Waals surface area (Å²) in [6, 6.07) is 5.92. The molecule has 21 heavy (non-hydrogen) atoms. The highest BCUT2D eigenvalue weighted by molar-refractivity contribution is 5.38. The van der Waals surface area contributed by atoms with Crippen molar-refractivity contribution in [3.05, 3.63) is 29.3 Å². The highest BCUT2D eigenvalue weighted by Gasteiger charge is 2.18. The second-order valence-corrected chi connectivity index (χ2v) is 6.17. The number of likely N-dealkylation sites (tertiary alicyclic amines) is 1. The van der Waals surface area contributed by atoms with Gasteiger partial charge in [-0.1, -0.05) is 11.6 Å². The average Bonchev–Trinajstić information content (AvgIpc) is 2.49. The van der Waals surface area contributed by atoms with Crippen LogP contribution in [-0.2, 0) is 0 Å². The lowest BCUT2D eigenvalue weighted by Gasteiger charge is -2.29. The van der Waals surface area contributed by atoms with Crippen LogP contribution < -0.4 is 10.1 Å². The van der Waals surface area contributed by atoms with Gasteiger partial charge in [0, 0.05) is 12.1 Å². The van der Waals surface area contributed by atoms with Gasteiger partial charge in [0.1, 0.15) is 5.75 Å². The normalized spacial score (nSPS) is 18.7. The number of nitrogens with one attached hydrogen (secondary N) is 1. The number of rotatable bonds is 6. The Morgan fingerprint density at radius 3 is 2.76 bits per heavy atom. The standard InChI is InChI=1S/C17H28N2O2/c1-13-4-5-17(21-3)15(10-13)16(20)12-18-11-14-6-8-19(2)9-7-14/h4-5,10,14,16,18,20H,6-9,11-12H2,1-3H3. The zero-order valence-corrected chi connectivity index (χ0v) is 13.4. The number of piperidine rings is 1. The molecule has 0 saturated carbocycles. The lowest BCUT2D eigenvalue weighted by molar-refractivity contribution is 0.162. The van der Waals surface area contributed by atoms with Crippen molar-refractivity contribution in [2.75, 3.05) is 40.3 Å². The predicted octanol–water partition coefficient (Wildman–Crippen LogP) is 1.97. The first-order valence-electron chi connectivity index (χ1n) is 7.82. The number of ether oxygens (including phenoxy) is 1. The SMILES string of the molecule is COc1ccc(C)cc1C(O)CNCC1CCN(C)CC1. The fourth-order valence-electron chi connectivity index (χ4n) is 2.91. The molecular weight excluding hydrogens is 264 g/mol. The Balaban J connectivity index is 1.81. The zero-order chi connectivity index (χ0) is 15.2. The van der Waals surface area contributed by atoms with Crippen LogP contribution in [-0.4, -0.2) is 50.3 Å². The van der Waals surface area contributed by atoms with Crippen molar-refractivity contribution >= 4 is 0 Å². The molecule has 0 bridgehead atoms. The van der Waals surface area contributed by atoms with Gasteiger partial charge in [-0.3, -0.25) is 0 Å². The van der Waals surface area contributed by atoms with Crippen LogP contribution in [0.25, 0.3) is 0 Å². The van der Waals surface area contributed by atoms with Crippen molar-refractivity contribution in [2.24, 2.45) is 5.92 Å². The summed E-state index contributed by atoms with van der Waals surface area (Å²) in [5, 5.41) is 13.8. The van der Waals surface area contributed by atoms with Gasteiger partial charge < -0.3 is 20.1 Å². The van der Waals surface area contributed by atoms with Gasteiger partial charge in [0.15, 0.2) is 0 Å². The highest BCUT2D eigenvalue weighted by atomic mass is 16.5. The van der Waals surface area contributed by atoms with E-state index in [9.17, 15) is 5.11 Å². The molecule has 0 amide bonds. The molecule has 0 spiro atoms. The van der Waals surface area contributed by atoms with E-state index in [-0.39, 0.29) is 0 Å². The number of hydrogen-bond acceptors (Lipinski definition) is 4. The Kier molecular flexibility index (Phi) is 6.03. The average molecular weight is 292 g/mol. The summed E-state index contributed by atoms with van der Waals surface area (Å²) in [6.07, 6.45) is 1.96. The molecule has 4 heteroatoms. The molecule has 1 atom stereocenters. The van der Waals surface area contributed by atoms with E-state index in [0.717, 1.165) is 29.3 Å². The van der Waals surface area contributed by atoms with Gasteiger partial charge in [-0.05, 0) is 64.5 Å². The number of aliphatic hydroxyl groups is 1. The minimum atomic E-state index is -0.522. The number of nitrogens with zero attached hydrogens (tertiary/aromatic N) is 1. The fourth-order valence-corrected chi connectivity index (χ4v) is 2.91. The van der Waals surface area contributed by atoms with Crippen LogP contribution in [0.2, 0.25) is 0 Å². The topological polar surface area (TPSA) is 44.7 Å². The van der Waals surface area contributed by atoms with Gasteiger partial charge in [0.2, 0.25) is 0 Å². The number of benzene rings is 1. The van der Waals surface area contributed by atoms with E-state index < -0.39 is 6.10 Å². The van der Waals surface area contributed by atoms with E-state index in [1.807, 2.05) is 25.1 Å². The summed E-state index contributed by atoms with van der Waals surface area (Å²) in [7, 11) is 3.82. The van der Waals surface area contributed by atoms with Crippen LogP contribution in [0.4, 0.5) is 0 Å². The van der Waals surface area contributed by atoms with E-state index >= 15 is 0 Å². The number of aliphatic hydroxyl groups excluding tert-OH is 1. The molecule has 1 aliphatic heterocycles. The monoisotopic (exact) mass is 292 g/mol. The van der Waals surface area contributed by atoms with Crippen molar-refractivity contribution < 1.29 is 9.84 Å². The molecule has 0 aromatic heterocycles. The second kappa shape index (κ2) is 7.78. The summed E-state index contributed by atoms with van der Waals surface area (Å²) >= 11 is 0. The third kappa shape index (κ3) is 4.70. The van der Waals surface area contributed by atoms with Gasteiger partial charge in [-0.15, -0.1) is 0 Å². The summed E-state index contributed by atoms with van der Waals surface area (Å²) < 4.78 is 5.34. The first-order valence-corrected chi connectivity index (χ1v) is 7.82. The van der Waals surface area contributed by atoms with Crippen molar-refractivity contribution in [1.29, 1.82) is 0 Å². The van der Waals surface area contributed by atoms with Gasteiger partial charge in [-0.25, -0.2) is 0 Å². The molecule has 2 N–H and O–H groups in total. The first kappa shape index (κ1) is 16.3. The summed E-state index contributed by atoms with van der Waals surface area (Å²) in [4.78, 5) is 2.38. The second-order valence-electron chi connectivity index (χ2n) is 6.17. The molecule has 0 radical (unpaired) electrons. The molecule has 1 aromatic rings. The van der Waals surface area contributed by atoms with Crippen LogP contribution in [0.1, 0.15) is 30.1 Å². The van der Waals surface area contributed by atoms with Crippen molar-refractivity contribution in [1.82, 2.24) is 10.2 Å². The van der Waals surface area contributed by atoms with Crippen LogP contribution >= 0.6 is 0 Å². The Morgan fingerprint density at radius 1 is 1.38 bits per heavy atom. The first-order chi connectivity index (χ1) is 10.1.